The van der Waals surface area contributed by atoms with Gasteiger partial charge in [-0.1, -0.05) is 40.2 Å². The van der Waals surface area contributed by atoms with Gasteiger partial charge in [-0.25, -0.2) is 0 Å². The van der Waals surface area contributed by atoms with Crippen molar-refractivity contribution in [2.24, 2.45) is 5.73 Å². The van der Waals surface area contributed by atoms with Gasteiger partial charge in [-0.3, -0.25) is 19.3 Å². The van der Waals surface area contributed by atoms with Crippen LogP contribution in [0, 0.1) is 0 Å². The minimum Gasteiger partial charge on any atom is -0.507 e. The molecular formula is C25H26BrN3O6. The van der Waals surface area contributed by atoms with Crippen LogP contribution in [0.3, 0.4) is 0 Å². The lowest BCUT2D eigenvalue weighted by molar-refractivity contribution is -0.140. The average Bonchev–Trinajstić information content (AvgIpc) is 3.12. The Kier molecular flexibility index (Phi) is 7.84. The molecule has 0 saturated carbocycles. The van der Waals surface area contributed by atoms with Crippen LogP contribution in [0.5, 0.6) is 5.75 Å². The second-order valence-electron chi connectivity index (χ2n) is 8.28. The van der Waals surface area contributed by atoms with Gasteiger partial charge < -0.3 is 25.2 Å². The summed E-state index contributed by atoms with van der Waals surface area (Å²) in [6.45, 7) is 3.37. The summed E-state index contributed by atoms with van der Waals surface area (Å²) in [6.07, 6.45) is 0. The maximum atomic E-state index is 13.1. The van der Waals surface area contributed by atoms with Crippen molar-refractivity contribution in [2.45, 2.75) is 6.04 Å². The van der Waals surface area contributed by atoms with Crippen molar-refractivity contribution in [2.75, 3.05) is 46.0 Å². The van der Waals surface area contributed by atoms with E-state index in [4.69, 9.17) is 15.2 Å². The van der Waals surface area contributed by atoms with Gasteiger partial charge >= 0.3 is 0 Å². The van der Waals surface area contributed by atoms with Crippen LogP contribution in [-0.2, 0) is 19.1 Å². The van der Waals surface area contributed by atoms with Crippen LogP contribution in [0.25, 0.3) is 5.76 Å². The third-order valence-corrected chi connectivity index (χ3v) is 6.52. The summed E-state index contributed by atoms with van der Waals surface area (Å²) in [5, 5.41) is 11.1. The lowest BCUT2D eigenvalue weighted by Gasteiger charge is -2.31. The van der Waals surface area contributed by atoms with Crippen molar-refractivity contribution in [1.82, 2.24) is 9.80 Å². The summed E-state index contributed by atoms with van der Waals surface area (Å²) in [4.78, 5) is 40.9. The number of ether oxygens (including phenoxy) is 2. The monoisotopic (exact) mass is 543 g/mol. The lowest BCUT2D eigenvalue weighted by Crippen LogP contribution is -2.42. The number of ketones is 1. The number of aliphatic hydroxyl groups is 1. The van der Waals surface area contributed by atoms with E-state index in [0.29, 0.717) is 43.2 Å². The molecule has 35 heavy (non-hydrogen) atoms. The number of hydrogen-bond donors (Lipinski definition) is 2. The number of carbonyl (C=O) groups excluding carboxylic acids is 3. The Morgan fingerprint density at radius 3 is 2.34 bits per heavy atom. The zero-order chi connectivity index (χ0) is 24.9. The number of nitrogens with zero attached hydrogens (tertiary/aromatic N) is 2. The highest BCUT2D eigenvalue weighted by atomic mass is 79.9. The summed E-state index contributed by atoms with van der Waals surface area (Å²) in [6, 6.07) is 12.8. The van der Waals surface area contributed by atoms with E-state index in [-0.39, 0.29) is 17.9 Å². The minimum absolute atomic E-state index is 0.0325. The molecule has 4 rings (SSSR count). The molecule has 2 fully saturated rings. The second kappa shape index (κ2) is 11.0. The van der Waals surface area contributed by atoms with Gasteiger partial charge in [-0.2, -0.15) is 0 Å². The molecule has 2 amide bonds. The molecule has 9 nitrogen and oxygen atoms in total. The Balaban J connectivity index is 1.69. The van der Waals surface area contributed by atoms with Gasteiger partial charge in [0.1, 0.15) is 11.5 Å². The number of hydrogen-bond acceptors (Lipinski definition) is 7. The van der Waals surface area contributed by atoms with E-state index in [1.54, 1.807) is 48.5 Å². The number of carbonyl (C=O) groups is 3. The Bertz CT molecular complexity index is 1130. The van der Waals surface area contributed by atoms with Crippen LogP contribution >= 0.6 is 15.9 Å². The highest BCUT2D eigenvalue weighted by Gasteiger charge is 2.46. The fourth-order valence-electron chi connectivity index (χ4n) is 4.20. The number of primary amides is 1. The average molecular weight is 544 g/mol. The van der Waals surface area contributed by atoms with Crippen molar-refractivity contribution >= 4 is 39.3 Å². The number of Topliss-reactive ketones (excluding diaryl/α,β-unsaturated/α-hetero) is 1. The molecule has 2 heterocycles. The number of amides is 2. The van der Waals surface area contributed by atoms with Gasteiger partial charge in [0.2, 0.25) is 0 Å². The first-order valence-corrected chi connectivity index (χ1v) is 12.0. The molecule has 2 aromatic rings. The molecular weight excluding hydrogens is 518 g/mol. The molecule has 2 saturated heterocycles. The Morgan fingerprint density at radius 2 is 1.71 bits per heavy atom. The standard InChI is InChI=1S/C25H26BrN3O6/c26-18-5-1-17(2-6-18)23(31)21-22(16-3-7-19(8-4-16)35-15-20(27)30)29(25(33)24(21)32)10-9-28-11-13-34-14-12-28/h1-8,22,31H,9-15H2,(H2,27,30)/t22-/m1/s1. The first-order chi connectivity index (χ1) is 16.8. The molecule has 184 valence electrons. The number of rotatable bonds is 8. The smallest absolute Gasteiger partial charge is 0.295 e. The summed E-state index contributed by atoms with van der Waals surface area (Å²) >= 11 is 3.36. The van der Waals surface area contributed by atoms with Gasteiger partial charge in [-0.15, -0.1) is 0 Å². The van der Waals surface area contributed by atoms with Crippen molar-refractivity contribution in [1.29, 1.82) is 0 Å². The molecule has 3 N–H and O–H groups in total. The normalized spacial score (nSPS) is 20.3. The van der Waals surface area contributed by atoms with Crippen molar-refractivity contribution in [3.63, 3.8) is 0 Å². The first-order valence-electron chi connectivity index (χ1n) is 11.2. The quantitative estimate of drug-likeness (QED) is 0.297. The van der Waals surface area contributed by atoms with Crippen LogP contribution in [0.1, 0.15) is 17.2 Å². The SMILES string of the molecule is NC(=O)COc1ccc([C@@H]2C(=C(O)c3ccc(Br)cc3)C(=O)C(=O)N2CCN2CCOCC2)cc1. The van der Waals surface area contributed by atoms with E-state index in [9.17, 15) is 19.5 Å². The topological polar surface area (TPSA) is 122 Å². The second-order valence-corrected chi connectivity index (χ2v) is 9.19. The van der Waals surface area contributed by atoms with E-state index in [1.807, 2.05) is 0 Å². The number of nitrogens with two attached hydrogens (primary N) is 1. The van der Waals surface area contributed by atoms with Crippen LogP contribution in [-0.4, -0.2) is 78.5 Å². The third kappa shape index (κ3) is 5.72. The van der Waals surface area contributed by atoms with E-state index in [2.05, 4.69) is 20.8 Å². The van der Waals surface area contributed by atoms with Gasteiger partial charge in [0.15, 0.2) is 6.61 Å². The molecule has 0 aliphatic carbocycles. The van der Waals surface area contributed by atoms with E-state index in [1.165, 1.54) is 4.90 Å². The lowest BCUT2D eigenvalue weighted by atomic mass is 9.95. The van der Waals surface area contributed by atoms with Crippen LogP contribution in [0.4, 0.5) is 0 Å². The molecule has 2 aliphatic rings. The number of morpholine rings is 1. The molecule has 2 aromatic carbocycles. The molecule has 0 unspecified atom stereocenters. The largest absolute Gasteiger partial charge is 0.507 e. The van der Waals surface area contributed by atoms with Crippen LogP contribution < -0.4 is 10.5 Å². The highest BCUT2D eigenvalue weighted by Crippen LogP contribution is 2.39. The first kappa shape index (κ1) is 24.9. The molecule has 10 heteroatoms. The number of benzene rings is 2. The number of aliphatic hydroxyl groups excluding tert-OH is 1. The van der Waals surface area contributed by atoms with Gasteiger partial charge in [-0.05, 0) is 29.8 Å². The molecule has 0 bridgehead atoms. The molecule has 0 radical (unpaired) electrons. The van der Waals surface area contributed by atoms with Gasteiger partial charge in [0, 0.05) is 36.2 Å². The van der Waals surface area contributed by atoms with E-state index in [0.717, 1.165) is 17.6 Å². The van der Waals surface area contributed by atoms with Crippen LogP contribution in [0.15, 0.2) is 58.6 Å². The highest BCUT2D eigenvalue weighted by molar-refractivity contribution is 9.10. The maximum absolute atomic E-state index is 13.1. The Labute approximate surface area is 211 Å². The van der Waals surface area contributed by atoms with E-state index < -0.39 is 23.6 Å². The number of likely N-dealkylation sites (tertiary alicyclic amines) is 1. The van der Waals surface area contributed by atoms with Gasteiger partial charge in [0.25, 0.3) is 17.6 Å². The predicted molar refractivity (Wildman–Crippen MR) is 132 cm³/mol. The maximum Gasteiger partial charge on any atom is 0.295 e. The Morgan fingerprint density at radius 1 is 1.06 bits per heavy atom. The summed E-state index contributed by atoms with van der Waals surface area (Å²) in [7, 11) is 0. The minimum atomic E-state index is -0.773. The fourth-order valence-corrected chi connectivity index (χ4v) is 4.46. The summed E-state index contributed by atoms with van der Waals surface area (Å²) < 4.78 is 11.5. The molecule has 0 spiro atoms. The summed E-state index contributed by atoms with van der Waals surface area (Å²) in [5.41, 5.74) is 6.24. The predicted octanol–water partition coefficient (Wildman–Crippen LogP) is 2.07. The van der Waals surface area contributed by atoms with Crippen molar-refractivity contribution < 1.29 is 29.0 Å². The van der Waals surface area contributed by atoms with E-state index >= 15 is 0 Å². The molecule has 2 aliphatic heterocycles. The Hall–Kier alpha value is -3.21. The zero-order valence-corrected chi connectivity index (χ0v) is 20.6. The van der Waals surface area contributed by atoms with Gasteiger partial charge in [0.05, 0.1) is 24.8 Å². The molecule has 1 atom stereocenters. The summed E-state index contributed by atoms with van der Waals surface area (Å²) in [5.74, 6) is -1.79. The van der Waals surface area contributed by atoms with Crippen molar-refractivity contribution in [3.05, 3.63) is 69.7 Å². The number of halogens is 1. The third-order valence-electron chi connectivity index (χ3n) is 6.00. The zero-order valence-electron chi connectivity index (χ0n) is 19.0. The fraction of sp³-hybridized carbons (Fsp3) is 0.320. The van der Waals surface area contributed by atoms with Crippen LogP contribution in [0.2, 0.25) is 0 Å². The van der Waals surface area contributed by atoms with Crippen molar-refractivity contribution in [3.8, 4) is 5.75 Å². The molecule has 0 aromatic heterocycles.